The SMILES string of the molecule is CC1(c2ccccc2)c2ccccc2-c2c(N(c3ccccc3-c3cccc4ccccc34)c3ccccc3-c3cccc4cccc(-c5ccccc5)c34)cccc21. The number of hydrogen-bond acceptors (Lipinski definition) is 1. The Labute approximate surface area is 346 Å². The van der Waals surface area contributed by atoms with Gasteiger partial charge in [0.1, 0.15) is 0 Å². The lowest BCUT2D eigenvalue weighted by Gasteiger charge is -2.33. The molecular formula is C58H41N. The first-order valence-electron chi connectivity index (χ1n) is 20.5. The predicted octanol–water partition coefficient (Wildman–Crippen LogP) is 15.8. The second-order valence-corrected chi connectivity index (χ2v) is 15.7. The van der Waals surface area contributed by atoms with Crippen LogP contribution in [0.1, 0.15) is 23.6 Å². The largest absolute Gasteiger partial charge is 0.309 e. The highest BCUT2D eigenvalue weighted by Crippen LogP contribution is 2.58. The summed E-state index contributed by atoms with van der Waals surface area (Å²) in [7, 11) is 0. The van der Waals surface area contributed by atoms with E-state index in [9.17, 15) is 0 Å². The summed E-state index contributed by atoms with van der Waals surface area (Å²) in [5, 5.41) is 4.92. The minimum atomic E-state index is -0.343. The van der Waals surface area contributed by atoms with Crippen LogP contribution >= 0.6 is 0 Å². The molecule has 1 unspecified atom stereocenters. The molecule has 1 nitrogen and oxygen atoms in total. The quantitative estimate of drug-likeness (QED) is 0.157. The van der Waals surface area contributed by atoms with E-state index in [0.717, 1.165) is 17.1 Å². The first-order chi connectivity index (χ1) is 29.2. The van der Waals surface area contributed by atoms with Gasteiger partial charge in [-0.2, -0.15) is 0 Å². The smallest absolute Gasteiger partial charge is 0.0543 e. The van der Waals surface area contributed by atoms with Crippen LogP contribution in [0.25, 0.3) is 66.1 Å². The molecule has 1 aliphatic rings. The molecule has 1 heteroatoms. The molecule has 0 heterocycles. The summed E-state index contributed by atoms with van der Waals surface area (Å²) >= 11 is 0. The Morgan fingerprint density at radius 3 is 1.54 bits per heavy atom. The second kappa shape index (κ2) is 14.2. The van der Waals surface area contributed by atoms with Gasteiger partial charge in [-0.05, 0) is 91.2 Å². The van der Waals surface area contributed by atoms with E-state index in [-0.39, 0.29) is 5.41 Å². The van der Waals surface area contributed by atoms with Crippen molar-refractivity contribution >= 4 is 38.6 Å². The van der Waals surface area contributed by atoms with E-state index in [0.29, 0.717) is 0 Å². The lowest BCUT2D eigenvalue weighted by molar-refractivity contribution is 0.714. The molecule has 1 atom stereocenters. The molecule has 0 saturated carbocycles. The van der Waals surface area contributed by atoms with Gasteiger partial charge in [0.05, 0.1) is 17.1 Å². The van der Waals surface area contributed by atoms with Gasteiger partial charge in [-0.1, -0.05) is 212 Å². The van der Waals surface area contributed by atoms with Crippen LogP contribution in [0.15, 0.2) is 231 Å². The fourth-order valence-corrected chi connectivity index (χ4v) is 9.86. The monoisotopic (exact) mass is 751 g/mol. The van der Waals surface area contributed by atoms with Crippen molar-refractivity contribution in [3.05, 3.63) is 247 Å². The van der Waals surface area contributed by atoms with Crippen LogP contribution in [0.3, 0.4) is 0 Å². The summed E-state index contributed by atoms with van der Waals surface area (Å²) in [6.45, 7) is 2.40. The summed E-state index contributed by atoms with van der Waals surface area (Å²) in [5.74, 6) is 0. The topological polar surface area (TPSA) is 3.24 Å². The Hall–Kier alpha value is -7.48. The minimum Gasteiger partial charge on any atom is -0.309 e. The molecule has 10 aromatic rings. The zero-order valence-electron chi connectivity index (χ0n) is 32.9. The van der Waals surface area contributed by atoms with Crippen LogP contribution in [0.4, 0.5) is 17.1 Å². The Morgan fingerprint density at radius 2 is 0.797 bits per heavy atom. The zero-order valence-corrected chi connectivity index (χ0v) is 32.9. The van der Waals surface area contributed by atoms with Crippen LogP contribution in [0.2, 0.25) is 0 Å². The molecule has 0 aliphatic heterocycles. The molecule has 0 saturated heterocycles. The summed E-state index contributed by atoms with van der Waals surface area (Å²) in [4.78, 5) is 2.56. The van der Waals surface area contributed by atoms with Crippen molar-refractivity contribution in [1.82, 2.24) is 0 Å². The van der Waals surface area contributed by atoms with Gasteiger partial charge in [0.15, 0.2) is 0 Å². The third kappa shape index (κ3) is 5.54. The number of rotatable bonds is 7. The Morgan fingerprint density at radius 1 is 0.322 bits per heavy atom. The van der Waals surface area contributed by atoms with Gasteiger partial charge < -0.3 is 4.90 Å². The van der Waals surface area contributed by atoms with Gasteiger partial charge in [-0.15, -0.1) is 0 Å². The van der Waals surface area contributed by atoms with Crippen molar-refractivity contribution in [3.8, 4) is 44.5 Å². The van der Waals surface area contributed by atoms with Gasteiger partial charge in [-0.3, -0.25) is 0 Å². The van der Waals surface area contributed by atoms with Crippen molar-refractivity contribution in [1.29, 1.82) is 0 Å². The highest BCUT2D eigenvalue weighted by atomic mass is 15.2. The van der Waals surface area contributed by atoms with E-state index >= 15 is 0 Å². The number of hydrogen-bond donors (Lipinski definition) is 0. The lowest BCUT2D eigenvalue weighted by Crippen LogP contribution is -2.22. The molecule has 0 bridgehead atoms. The van der Waals surface area contributed by atoms with E-state index in [1.807, 2.05) is 0 Å². The maximum Gasteiger partial charge on any atom is 0.0543 e. The second-order valence-electron chi connectivity index (χ2n) is 15.7. The van der Waals surface area contributed by atoms with Crippen LogP contribution in [-0.2, 0) is 5.41 Å². The fraction of sp³-hybridized carbons (Fsp3) is 0.0345. The highest BCUT2D eigenvalue weighted by molar-refractivity contribution is 6.10. The number of anilines is 3. The van der Waals surface area contributed by atoms with Gasteiger partial charge in [0.2, 0.25) is 0 Å². The first kappa shape index (κ1) is 34.7. The lowest BCUT2D eigenvalue weighted by atomic mass is 9.74. The van der Waals surface area contributed by atoms with E-state index in [4.69, 9.17) is 0 Å². The summed E-state index contributed by atoms with van der Waals surface area (Å²) < 4.78 is 0. The third-order valence-electron chi connectivity index (χ3n) is 12.6. The molecular weight excluding hydrogens is 711 g/mol. The van der Waals surface area contributed by atoms with Gasteiger partial charge >= 0.3 is 0 Å². The van der Waals surface area contributed by atoms with E-state index in [1.54, 1.807) is 0 Å². The van der Waals surface area contributed by atoms with Gasteiger partial charge in [0.25, 0.3) is 0 Å². The van der Waals surface area contributed by atoms with E-state index < -0.39 is 0 Å². The summed E-state index contributed by atoms with van der Waals surface area (Å²) in [6, 6.07) is 84.7. The molecule has 0 amide bonds. The molecule has 10 aromatic carbocycles. The average Bonchev–Trinajstić information content (AvgIpc) is 3.58. The summed E-state index contributed by atoms with van der Waals surface area (Å²) in [5.41, 5.74) is 16.7. The van der Waals surface area contributed by atoms with E-state index in [1.165, 1.54) is 82.7 Å². The van der Waals surface area contributed by atoms with Crippen molar-refractivity contribution in [2.24, 2.45) is 0 Å². The summed E-state index contributed by atoms with van der Waals surface area (Å²) in [6.07, 6.45) is 0. The van der Waals surface area contributed by atoms with Crippen molar-refractivity contribution in [3.63, 3.8) is 0 Å². The molecule has 1 aliphatic carbocycles. The zero-order chi connectivity index (χ0) is 39.3. The Balaban J connectivity index is 1.24. The number of benzene rings is 10. The van der Waals surface area contributed by atoms with Crippen molar-refractivity contribution < 1.29 is 0 Å². The molecule has 0 radical (unpaired) electrons. The fourth-order valence-electron chi connectivity index (χ4n) is 9.86. The molecule has 11 rings (SSSR count). The molecule has 59 heavy (non-hydrogen) atoms. The Kier molecular flexibility index (Phi) is 8.34. The third-order valence-corrected chi connectivity index (χ3v) is 12.6. The standard InChI is InChI=1S/C58H41N/c1-58(43-26-6-3-7-27-43)51-35-13-10-31-50(51)57-52(58)36-19-39-55(57)59(53-37-14-11-29-47(53)46-33-16-23-40-22-8-9-28-44(40)46)54-38-15-12-30-48(54)49-34-18-25-42-24-17-32-45(56(42)49)41-20-4-2-5-21-41/h2-39H,1H3. The van der Waals surface area contributed by atoms with Crippen LogP contribution in [0, 0.1) is 0 Å². The minimum absolute atomic E-state index is 0.343. The van der Waals surface area contributed by atoms with Crippen LogP contribution < -0.4 is 4.90 Å². The normalized spacial score (nSPS) is 14.3. The predicted molar refractivity (Wildman–Crippen MR) is 250 cm³/mol. The van der Waals surface area contributed by atoms with Gasteiger partial charge in [-0.25, -0.2) is 0 Å². The number of nitrogens with zero attached hydrogens (tertiary/aromatic N) is 1. The maximum atomic E-state index is 2.56. The first-order valence-corrected chi connectivity index (χ1v) is 20.5. The van der Waals surface area contributed by atoms with E-state index in [2.05, 4.69) is 242 Å². The molecule has 0 spiro atoms. The van der Waals surface area contributed by atoms with Crippen LogP contribution in [0.5, 0.6) is 0 Å². The number of para-hydroxylation sites is 2. The average molecular weight is 752 g/mol. The highest BCUT2D eigenvalue weighted by Gasteiger charge is 2.42. The molecule has 0 aromatic heterocycles. The number of fused-ring (bicyclic) bond motifs is 5. The van der Waals surface area contributed by atoms with Crippen molar-refractivity contribution in [2.75, 3.05) is 4.90 Å². The molecule has 0 N–H and O–H groups in total. The molecule has 278 valence electrons. The molecule has 0 fully saturated rings. The Bertz CT molecular complexity index is 3170. The maximum absolute atomic E-state index is 2.56. The van der Waals surface area contributed by atoms with Gasteiger partial charge in [0, 0.05) is 22.1 Å². The van der Waals surface area contributed by atoms with Crippen LogP contribution in [-0.4, -0.2) is 0 Å². The van der Waals surface area contributed by atoms with Crippen molar-refractivity contribution in [2.45, 2.75) is 12.3 Å².